The molecule has 80 valence electrons. The molecule has 0 heterocycles. The molecule has 0 atom stereocenters. The van der Waals surface area contributed by atoms with E-state index in [1.54, 1.807) is 0 Å². The standard InChI is InChI=1S/C9H8.2C2H6.CH4/c1-3-9-7-5-4-6-8(9)2;2*1-2;/h1,4-7H,2H3;2*1-2H3;1H4. The lowest BCUT2D eigenvalue weighted by Gasteiger charge is -1.92. The van der Waals surface area contributed by atoms with Gasteiger partial charge in [0, 0.05) is 5.56 Å². The van der Waals surface area contributed by atoms with Crippen molar-refractivity contribution in [1.82, 2.24) is 0 Å². The van der Waals surface area contributed by atoms with Crippen molar-refractivity contribution in [2.24, 2.45) is 0 Å². The van der Waals surface area contributed by atoms with E-state index < -0.39 is 0 Å². The zero-order valence-electron chi connectivity index (χ0n) is 9.39. The first-order chi connectivity index (χ1) is 6.34. The summed E-state index contributed by atoms with van der Waals surface area (Å²) in [5.74, 6) is 2.60. The van der Waals surface area contributed by atoms with Crippen molar-refractivity contribution in [3.63, 3.8) is 0 Å². The molecule has 0 aliphatic rings. The lowest BCUT2D eigenvalue weighted by molar-refractivity contribution is 1.44. The van der Waals surface area contributed by atoms with Crippen molar-refractivity contribution in [2.45, 2.75) is 42.0 Å². The maximum absolute atomic E-state index is 5.20. The Labute approximate surface area is 90.4 Å². The van der Waals surface area contributed by atoms with E-state index in [4.69, 9.17) is 6.42 Å². The van der Waals surface area contributed by atoms with E-state index in [9.17, 15) is 0 Å². The second kappa shape index (κ2) is 14.3. The van der Waals surface area contributed by atoms with E-state index in [2.05, 4.69) is 5.92 Å². The highest BCUT2D eigenvalue weighted by atomic mass is 13.9. The van der Waals surface area contributed by atoms with Crippen LogP contribution in [0.15, 0.2) is 24.3 Å². The predicted octanol–water partition coefficient (Wildman–Crippen LogP) is 4.66. The summed E-state index contributed by atoms with van der Waals surface area (Å²) in [5.41, 5.74) is 2.15. The molecule has 1 aromatic rings. The Bertz CT molecular complexity index is 240. The summed E-state index contributed by atoms with van der Waals surface area (Å²) in [4.78, 5) is 0. The number of rotatable bonds is 0. The highest BCUT2D eigenvalue weighted by molar-refractivity contribution is 5.38. The van der Waals surface area contributed by atoms with Crippen LogP contribution in [0.2, 0.25) is 0 Å². The number of hydrogen-bond acceptors (Lipinski definition) is 0. The quantitative estimate of drug-likeness (QED) is 0.524. The maximum atomic E-state index is 5.20. The predicted molar refractivity (Wildman–Crippen MR) is 68.5 cm³/mol. The van der Waals surface area contributed by atoms with E-state index in [-0.39, 0.29) is 7.43 Å². The number of terminal acetylenes is 1. The van der Waals surface area contributed by atoms with Crippen molar-refractivity contribution >= 4 is 0 Å². The second-order valence-electron chi connectivity index (χ2n) is 1.96. The zero-order valence-corrected chi connectivity index (χ0v) is 9.39. The van der Waals surface area contributed by atoms with Crippen LogP contribution < -0.4 is 0 Å². The Morgan fingerprint density at radius 2 is 1.43 bits per heavy atom. The van der Waals surface area contributed by atoms with Crippen LogP contribution in [0.25, 0.3) is 0 Å². The zero-order chi connectivity index (χ0) is 10.7. The topological polar surface area (TPSA) is 0 Å². The van der Waals surface area contributed by atoms with Crippen molar-refractivity contribution < 1.29 is 0 Å². The summed E-state index contributed by atoms with van der Waals surface area (Å²) >= 11 is 0. The molecule has 0 fully saturated rings. The van der Waals surface area contributed by atoms with Crippen molar-refractivity contribution in [3.05, 3.63) is 35.4 Å². The molecule has 0 N–H and O–H groups in total. The average Bonchev–Trinajstić information content (AvgIpc) is 2.24. The Morgan fingerprint density at radius 1 is 1.00 bits per heavy atom. The van der Waals surface area contributed by atoms with Crippen molar-refractivity contribution in [1.29, 1.82) is 0 Å². The van der Waals surface area contributed by atoms with Crippen LogP contribution >= 0.6 is 0 Å². The number of aryl methyl sites for hydroxylation is 1. The summed E-state index contributed by atoms with van der Waals surface area (Å²) in [7, 11) is 0. The molecule has 1 aromatic carbocycles. The summed E-state index contributed by atoms with van der Waals surface area (Å²) in [6, 6.07) is 7.88. The number of benzene rings is 1. The first-order valence-corrected chi connectivity index (χ1v) is 4.87. The lowest BCUT2D eigenvalue weighted by atomic mass is 10.1. The third-order valence-electron chi connectivity index (χ3n) is 1.30. The van der Waals surface area contributed by atoms with Gasteiger partial charge in [0.1, 0.15) is 0 Å². The van der Waals surface area contributed by atoms with Gasteiger partial charge in [-0.1, -0.05) is 59.2 Å². The highest BCUT2D eigenvalue weighted by Crippen LogP contribution is 2.03. The molecular formula is C14H24. The van der Waals surface area contributed by atoms with Gasteiger partial charge in [0.25, 0.3) is 0 Å². The molecule has 0 heteroatoms. The van der Waals surface area contributed by atoms with Crippen LogP contribution in [0, 0.1) is 19.3 Å². The van der Waals surface area contributed by atoms with E-state index in [0.717, 1.165) is 5.56 Å². The van der Waals surface area contributed by atoms with Crippen LogP contribution in [0.3, 0.4) is 0 Å². The second-order valence-corrected chi connectivity index (χ2v) is 1.96. The van der Waals surface area contributed by atoms with Gasteiger partial charge in [-0.2, -0.15) is 0 Å². The summed E-state index contributed by atoms with van der Waals surface area (Å²) in [6.45, 7) is 10.0. The smallest absolute Gasteiger partial charge is 0.0271 e. The van der Waals surface area contributed by atoms with Crippen LogP contribution in [-0.4, -0.2) is 0 Å². The molecule has 0 aliphatic carbocycles. The van der Waals surface area contributed by atoms with Crippen LogP contribution in [-0.2, 0) is 0 Å². The molecule has 0 spiro atoms. The van der Waals surface area contributed by atoms with Gasteiger partial charge in [-0.05, 0) is 18.6 Å². The minimum absolute atomic E-state index is 0. The van der Waals surface area contributed by atoms with Crippen LogP contribution in [0.4, 0.5) is 0 Å². The fraction of sp³-hybridized carbons (Fsp3) is 0.429. The van der Waals surface area contributed by atoms with Gasteiger partial charge >= 0.3 is 0 Å². The van der Waals surface area contributed by atoms with Gasteiger partial charge < -0.3 is 0 Å². The maximum Gasteiger partial charge on any atom is 0.0271 e. The molecular weight excluding hydrogens is 168 g/mol. The first-order valence-electron chi connectivity index (χ1n) is 4.87. The number of hydrogen-bond donors (Lipinski definition) is 0. The largest absolute Gasteiger partial charge is 0.115 e. The minimum Gasteiger partial charge on any atom is -0.115 e. The van der Waals surface area contributed by atoms with E-state index in [1.807, 2.05) is 58.9 Å². The molecule has 0 saturated carbocycles. The minimum atomic E-state index is 0. The SMILES string of the molecule is C.C#Cc1ccccc1C.CC.CC. The third-order valence-corrected chi connectivity index (χ3v) is 1.30. The van der Waals surface area contributed by atoms with Gasteiger partial charge in [-0.25, -0.2) is 0 Å². The van der Waals surface area contributed by atoms with Crippen LogP contribution in [0.5, 0.6) is 0 Å². The highest BCUT2D eigenvalue weighted by Gasteiger charge is 1.87. The monoisotopic (exact) mass is 192 g/mol. The average molecular weight is 192 g/mol. The molecule has 0 nitrogen and oxygen atoms in total. The molecule has 0 radical (unpaired) electrons. The summed E-state index contributed by atoms with van der Waals surface area (Å²) in [5, 5.41) is 0. The van der Waals surface area contributed by atoms with Gasteiger partial charge in [0.05, 0.1) is 0 Å². The fourth-order valence-electron chi connectivity index (χ4n) is 0.735. The summed E-state index contributed by atoms with van der Waals surface area (Å²) < 4.78 is 0. The third kappa shape index (κ3) is 7.43. The first kappa shape index (κ1) is 18.5. The van der Waals surface area contributed by atoms with Gasteiger partial charge in [0.15, 0.2) is 0 Å². The molecule has 0 saturated heterocycles. The molecule has 14 heavy (non-hydrogen) atoms. The van der Waals surface area contributed by atoms with Gasteiger partial charge in [-0.15, -0.1) is 6.42 Å². The lowest BCUT2D eigenvalue weighted by Crippen LogP contribution is -1.77. The molecule has 0 unspecified atom stereocenters. The Morgan fingerprint density at radius 3 is 1.71 bits per heavy atom. The van der Waals surface area contributed by atoms with E-state index >= 15 is 0 Å². The normalized spacial score (nSPS) is 6.29. The van der Waals surface area contributed by atoms with Crippen molar-refractivity contribution in [3.8, 4) is 12.3 Å². The summed E-state index contributed by atoms with van der Waals surface area (Å²) in [6.07, 6.45) is 5.20. The van der Waals surface area contributed by atoms with Gasteiger partial charge in [-0.3, -0.25) is 0 Å². The van der Waals surface area contributed by atoms with Gasteiger partial charge in [0.2, 0.25) is 0 Å². The molecule has 0 bridgehead atoms. The Hall–Kier alpha value is -1.22. The molecule has 0 aromatic heterocycles. The Kier molecular flexibility index (Phi) is 19.0. The fourth-order valence-corrected chi connectivity index (χ4v) is 0.735. The van der Waals surface area contributed by atoms with E-state index in [0.29, 0.717) is 0 Å². The Balaban J connectivity index is -0.000000216. The molecule has 1 rings (SSSR count). The van der Waals surface area contributed by atoms with Crippen molar-refractivity contribution in [2.75, 3.05) is 0 Å². The molecule has 0 amide bonds. The van der Waals surface area contributed by atoms with E-state index in [1.165, 1.54) is 5.56 Å². The molecule has 0 aliphatic heterocycles. The van der Waals surface area contributed by atoms with Crippen LogP contribution in [0.1, 0.15) is 46.2 Å².